The highest BCUT2D eigenvalue weighted by atomic mass is 35.5. The number of halogens is 4. The van der Waals surface area contributed by atoms with Crippen LogP contribution in [0.5, 0.6) is 0 Å². The Labute approximate surface area is 138 Å². The molecular formula is C12H11ClF3N5OS. The van der Waals surface area contributed by atoms with Crippen LogP contribution in [0, 0.1) is 0 Å². The van der Waals surface area contributed by atoms with E-state index in [1.807, 2.05) is 0 Å². The second kappa shape index (κ2) is 7.09. The number of rotatable bonds is 5. The van der Waals surface area contributed by atoms with Crippen molar-refractivity contribution in [3.8, 4) is 0 Å². The minimum Gasteiger partial charge on any atom is -0.351 e. The number of nitrogens with zero attached hydrogens (tertiary/aromatic N) is 3. The number of thioether (sulfide) groups is 1. The molecule has 1 amide bonds. The van der Waals surface area contributed by atoms with E-state index in [4.69, 9.17) is 17.4 Å². The summed E-state index contributed by atoms with van der Waals surface area (Å²) in [4.78, 5) is 11.7. The van der Waals surface area contributed by atoms with Crippen LogP contribution in [0.4, 0.5) is 13.2 Å². The van der Waals surface area contributed by atoms with E-state index in [-0.39, 0.29) is 17.5 Å². The maximum Gasteiger partial charge on any atom is 0.453 e. The van der Waals surface area contributed by atoms with Gasteiger partial charge < -0.3 is 11.2 Å². The van der Waals surface area contributed by atoms with Gasteiger partial charge in [-0.15, -0.1) is 10.2 Å². The van der Waals surface area contributed by atoms with Crippen LogP contribution < -0.4 is 11.2 Å². The van der Waals surface area contributed by atoms with E-state index in [2.05, 4.69) is 15.5 Å². The third-order valence-electron chi connectivity index (χ3n) is 2.68. The number of benzene rings is 1. The molecule has 2 rings (SSSR count). The van der Waals surface area contributed by atoms with E-state index in [1.54, 1.807) is 24.3 Å². The van der Waals surface area contributed by atoms with Gasteiger partial charge >= 0.3 is 6.18 Å². The van der Waals surface area contributed by atoms with Gasteiger partial charge in [-0.2, -0.15) is 13.2 Å². The third kappa shape index (κ3) is 4.52. The average molecular weight is 366 g/mol. The highest BCUT2D eigenvalue weighted by Crippen LogP contribution is 2.28. The van der Waals surface area contributed by atoms with Crippen LogP contribution in [0.15, 0.2) is 29.4 Å². The molecule has 0 saturated heterocycles. The van der Waals surface area contributed by atoms with Crippen LogP contribution in [-0.2, 0) is 17.5 Å². The van der Waals surface area contributed by atoms with E-state index < -0.39 is 17.9 Å². The smallest absolute Gasteiger partial charge is 0.351 e. The predicted octanol–water partition coefficient (Wildman–Crippen LogP) is 2.07. The Morgan fingerprint density at radius 1 is 1.35 bits per heavy atom. The molecule has 124 valence electrons. The zero-order valence-electron chi connectivity index (χ0n) is 11.5. The van der Waals surface area contributed by atoms with Gasteiger partial charge in [-0.05, 0) is 11.6 Å². The molecule has 6 nitrogen and oxygen atoms in total. The average Bonchev–Trinajstić information content (AvgIpc) is 2.85. The zero-order valence-corrected chi connectivity index (χ0v) is 13.0. The number of carbonyl (C=O) groups excluding carboxylic acids is 1. The molecule has 0 radical (unpaired) electrons. The van der Waals surface area contributed by atoms with Gasteiger partial charge in [0.2, 0.25) is 11.1 Å². The molecule has 0 saturated carbocycles. The molecule has 0 bridgehead atoms. The molecule has 1 aromatic heterocycles. The zero-order chi connectivity index (χ0) is 17.0. The van der Waals surface area contributed by atoms with Crippen molar-refractivity contribution in [2.45, 2.75) is 17.9 Å². The van der Waals surface area contributed by atoms with Crippen molar-refractivity contribution < 1.29 is 18.0 Å². The van der Waals surface area contributed by atoms with Crippen molar-refractivity contribution in [3.63, 3.8) is 0 Å². The van der Waals surface area contributed by atoms with Crippen LogP contribution in [-0.4, -0.2) is 26.5 Å². The van der Waals surface area contributed by atoms with Crippen LogP contribution in [0.25, 0.3) is 0 Å². The molecule has 3 N–H and O–H groups in total. The molecule has 1 heterocycles. The number of amides is 1. The highest BCUT2D eigenvalue weighted by Gasteiger charge is 2.38. The van der Waals surface area contributed by atoms with Crippen LogP contribution in [0.1, 0.15) is 11.4 Å². The lowest BCUT2D eigenvalue weighted by atomic mass is 10.2. The largest absolute Gasteiger partial charge is 0.453 e. The summed E-state index contributed by atoms with van der Waals surface area (Å²) in [6.45, 7) is 0.210. The highest BCUT2D eigenvalue weighted by molar-refractivity contribution is 7.99. The van der Waals surface area contributed by atoms with Crippen LogP contribution in [0.2, 0.25) is 5.02 Å². The first kappa shape index (κ1) is 17.4. The van der Waals surface area contributed by atoms with Gasteiger partial charge in [0.15, 0.2) is 0 Å². The molecule has 1 aromatic carbocycles. The SMILES string of the molecule is Nn1c(SCC(=O)NCc2ccccc2Cl)nnc1C(F)(F)F. The third-order valence-corrected chi connectivity index (χ3v) is 4.00. The Balaban J connectivity index is 1.88. The van der Waals surface area contributed by atoms with Gasteiger partial charge in [-0.3, -0.25) is 4.79 Å². The van der Waals surface area contributed by atoms with Gasteiger partial charge in [0.1, 0.15) is 0 Å². The molecule has 0 aliphatic heterocycles. The Bertz CT molecular complexity index is 706. The molecule has 11 heteroatoms. The minimum absolute atomic E-state index is 0.155. The first-order chi connectivity index (χ1) is 10.8. The number of nitrogens with one attached hydrogen (secondary N) is 1. The lowest BCUT2D eigenvalue weighted by Crippen LogP contribution is -2.25. The number of alkyl halides is 3. The van der Waals surface area contributed by atoms with Gasteiger partial charge in [-0.1, -0.05) is 41.6 Å². The van der Waals surface area contributed by atoms with Crippen LogP contribution >= 0.6 is 23.4 Å². The summed E-state index contributed by atoms with van der Waals surface area (Å²) >= 11 is 6.70. The number of hydrogen-bond donors (Lipinski definition) is 2. The summed E-state index contributed by atoms with van der Waals surface area (Å²) in [5.74, 6) is 3.39. The van der Waals surface area contributed by atoms with Crippen molar-refractivity contribution in [1.82, 2.24) is 20.2 Å². The first-order valence-electron chi connectivity index (χ1n) is 6.19. The first-order valence-corrected chi connectivity index (χ1v) is 7.56. The van der Waals surface area contributed by atoms with E-state index in [1.165, 1.54) is 0 Å². The Morgan fingerprint density at radius 3 is 2.65 bits per heavy atom. The van der Waals surface area contributed by atoms with Crippen molar-refractivity contribution in [3.05, 3.63) is 40.7 Å². The maximum absolute atomic E-state index is 12.5. The summed E-state index contributed by atoms with van der Waals surface area (Å²) in [6, 6.07) is 6.97. The van der Waals surface area contributed by atoms with Crippen molar-refractivity contribution in [2.24, 2.45) is 0 Å². The van der Waals surface area contributed by atoms with E-state index in [0.29, 0.717) is 9.70 Å². The van der Waals surface area contributed by atoms with Crippen molar-refractivity contribution >= 4 is 29.3 Å². The number of hydrogen-bond acceptors (Lipinski definition) is 5. The molecule has 0 spiro atoms. The molecule has 23 heavy (non-hydrogen) atoms. The van der Waals surface area contributed by atoms with Crippen molar-refractivity contribution in [2.75, 3.05) is 11.6 Å². The maximum atomic E-state index is 12.5. The summed E-state index contributed by atoms with van der Waals surface area (Å²) in [7, 11) is 0. The van der Waals surface area contributed by atoms with Gasteiger partial charge in [0.25, 0.3) is 5.82 Å². The molecule has 0 unspecified atom stereocenters. The Hall–Kier alpha value is -1.94. The van der Waals surface area contributed by atoms with E-state index in [0.717, 1.165) is 17.3 Å². The Kier molecular flexibility index (Phi) is 5.37. The summed E-state index contributed by atoms with van der Waals surface area (Å²) < 4.78 is 37.8. The van der Waals surface area contributed by atoms with Gasteiger partial charge in [0, 0.05) is 11.6 Å². The lowest BCUT2D eigenvalue weighted by Gasteiger charge is -2.07. The fourth-order valence-electron chi connectivity index (χ4n) is 1.59. The number of aromatic nitrogens is 3. The van der Waals surface area contributed by atoms with E-state index >= 15 is 0 Å². The Morgan fingerprint density at radius 2 is 2.04 bits per heavy atom. The van der Waals surface area contributed by atoms with E-state index in [9.17, 15) is 18.0 Å². The molecule has 0 aliphatic carbocycles. The van der Waals surface area contributed by atoms with Crippen molar-refractivity contribution in [1.29, 1.82) is 0 Å². The fourth-order valence-corrected chi connectivity index (χ4v) is 2.47. The number of nitrogen functional groups attached to an aromatic ring is 1. The molecule has 0 fully saturated rings. The molecule has 0 aliphatic rings. The minimum atomic E-state index is -4.70. The molecule has 2 aromatic rings. The normalized spacial score (nSPS) is 11.5. The molecular weight excluding hydrogens is 355 g/mol. The fraction of sp³-hybridized carbons (Fsp3) is 0.250. The summed E-state index contributed by atoms with van der Waals surface area (Å²) in [6.07, 6.45) is -4.70. The molecule has 0 atom stereocenters. The second-order valence-corrected chi connectivity index (χ2v) is 5.68. The quantitative estimate of drug-likeness (QED) is 0.626. The predicted molar refractivity (Wildman–Crippen MR) is 79.2 cm³/mol. The van der Waals surface area contributed by atoms with Gasteiger partial charge in [0.05, 0.1) is 5.75 Å². The monoisotopic (exact) mass is 365 g/mol. The summed E-state index contributed by atoms with van der Waals surface area (Å²) in [5.41, 5.74) is 0.730. The number of carbonyl (C=O) groups is 1. The van der Waals surface area contributed by atoms with Crippen LogP contribution in [0.3, 0.4) is 0 Å². The standard InChI is InChI=1S/C12H11ClF3N5OS/c13-8-4-2-1-3-7(8)5-18-9(22)6-23-11-20-19-10(21(11)17)12(14,15)16/h1-4H,5-6,17H2,(H,18,22). The van der Waals surface area contributed by atoms with Gasteiger partial charge in [-0.25, -0.2) is 4.68 Å². The lowest BCUT2D eigenvalue weighted by molar-refractivity contribution is -0.146. The topological polar surface area (TPSA) is 85.8 Å². The number of nitrogens with two attached hydrogens (primary N) is 1. The second-order valence-electron chi connectivity index (χ2n) is 4.33. The summed E-state index contributed by atoms with van der Waals surface area (Å²) in [5, 5.41) is 9.19.